The molecular weight excluding hydrogens is 845 g/mol. The number of benzene rings is 2. The van der Waals surface area contributed by atoms with Gasteiger partial charge in [-0.3, -0.25) is 28.8 Å². The lowest BCUT2D eigenvalue weighted by molar-refractivity contribution is -0.108. The number of Topliss-reactive ketones (excluding diaryl/α,β-unsaturated/α-hetero) is 2. The van der Waals surface area contributed by atoms with Gasteiger partial charge in [0.1, 0.15) is 57.0 Å². The maximum absolute atomic E-state index is 13.9. The molecule has 8 rings (SSSR count). The van der Waals surface area contributed by atoms with Gasteiger partial charge in [-0.05, 0) is 79.4 Å². The van der Waals surface area contributed by atoms with Crippen molar-refractivity contribution in [3.63, 3.8) is 0 Å². The number of pyridine rings is 2. The van der Waals surface area contributed by atoms with E-state index in [0.29, 0.717) is 38.2 Å². The Hall–Kier alpha value is -6.14. The van der Waals surface area contributed by atoms with Crippen molar-refractivity contribution < 1.29 is 56.4 Å². The minimum absolute atomic E-state index is 0.0330. The van der Waals surface area contributed by atoms with Crippen molar-refractivity contribution in [1.82, 2.24) is 19.8 Å². The highest BCUT2D eigenvalue weighted by atomic mass is 19.1. The van der Waals surface area contributed by atoms with E-state index in [4.69, 9.17) is 9.47 Å². The van der Waals surface area contributed by atoms with Gasteiger partial charge in [-0.15, -0.1) is 0 Å². The van der Waals surface area contributed by atoms with Gasteiger partial charge in [0.2, 0.25) is 10.9 Å². The van der Waals surface area contributed by atoms with Gasteiger partial charge in [-0.1, -0.05) is 12.1 Å². The summed E-state index contributed by atoms with van der Waals surface area (Å²) in [5.74, 6) is -7.36. The molecule has 2 aromatic carbocycles. The molecule has 14 nitrogen and oxygen atoms in total. The average molecular weight is 893 g/mol. The summed E-state index contributed by atoms with van der Waals surface area (Å²) in [5.41, 5.74) is -6.68. The first-order valence-corrected chi connectivity index (χ1v) is 20.8. The SMILES string of the molecule is CC1n2cc(C(=O)NCc3ccc(F)cc3F)c(=O)c(O)c2C(=O)C(C)(C)C12CCCO2.CC1n2cc(C(=O)NCc3ccc(F)cc3F)c(=O)c(O)c2C(=O)C(C)(C)C12CCCO2. The molecule has 0 radical (unpaired) electrons. The second kappa shape index (κ2) is 16.4. The van der Waals surface area contributed by atoms with E-state index in [1.54, 1.807) is 27.7 Å². The molecule has 2 aromatic heterocycles. The van der Waals surface area contributed by atoms with Crippen LogP contribution in [-0.4, -0.2) is 67.1 Å². The Kier molecular flexibility index (Phi) is 11.8. The summed E-state index contributed by atoms with van der Waals surface area (Å²) in [7, 11) is 0. The highest BCUT2D eigenvalue weighted by Gasteiger charge is 2.62. The smallest absolute Gasteiger partial charge is 0.257 e. The number of halogens is 4. The summed E-state index contributed by atoms with van der Waals surface area (Å²) in [4.78, 5) is 77.6. The number of hydrogen-bond acceptors (Lipinski definition) is 10. The summed E-state index contributed by atoms with van der Waals surface area (Å²) < 4.78 is 68.9. The summed E-state index contributed by atoms with van der Waals surface area (Å²) in [5, 5.41) is 26.0. The number of fused-ring (bicyclic) bond motifs is 2. The number of rotatable bonds is 6. The molecule has 4 atom stereocenters. The highest BCUT2D eigenvalue weighted by molar-refractivity contribution is 6.05. The van der Waals surface area contributed by atoms with Gasteiger partial charge in [0.25, 0.3) is 11.8 Å². The molecule has 18 heteroatoms. The van der Waals surface area contributed by atoms with E-state index < -0.39 is 103 Å². The fourth-order valence-electron chi connectivity index (χ4n) is 9.93. The van der Waals surface area contributed by atoms with Gasteiger partial charge >= 0.3 is 0 Å². The van der Waals surface area contributed by atoms with Crippen molar-refractivity contribution >= 4 is 23.4 Å². The van der Waals surface area contributed by atoms with Crippen LogP contribution in [0.15, 0.2) is 58.4 Å². The Morgan fingerprint density at radius 2 is 1.02 bits per heavy atom. The number of aromatic nitrogens is 2. The van der Waals surface area contributed by atoms with Crippen LogP contribution in [-0.2, 0) is 22.6 Å². The second-order valence-electron chi connectivity index (χ2n) is 17.7. The third-order valence-corrected chi connectivity index (χ3v) is 13.8. The van der Waals surface area contributed by atoms with Crippen LogP contribution in [0.25, 0.3) is 0 Å². The number of ketones is 2. The van der Waals surface area contributed by atoms with Crippen molar-refractivity contribution in [2.75, 3.05) is 13.2 Å². The molecular formula is C46H48F4N4O10. The first kappa shape index (κ1) is 45.9. The minimum Gasteiger partial charge on any atom is -0.503 e. The average Bonchev–Trinajstić information content (AvgIpc) is 3.96. The van der Waals surface area contributed by atoms with E-state index in [0.717, 1.165) is 25.0 Å². The third-order valence-electron chi connectivity index (χ3n) is 13.8. The van der Waals surface area contributed by atoms with Crippen LogP contribution in [0.5, 0.6) is 11.5 Å². The van der Waals surface area contributed by atoms with E-state index in [1.807, 2.05) is 13.8 Å². The molecule has 4 aromatic rings. The second-order valence-corrected chi connectivity index (χ2v) is 17.7. The molecule has 4 aliphatic heterocycles. The maximum Gasteiger partial charge on any atom is 0.257 e. The van der Waals surface area contributed by atoms with E-state index in [2.05, 4.69) is 10.6 Å². The lowest BCUT2D eigenvalue weighted by atomic mass is 9.63. The molecule has 2 spiro atoms. The van der Waals surface area contributed by atoms with Crippen LogP contribution in [0.4, 0.5) is 17.6 Å². The van der Waals surface area contributed by atoms with Crippen LogP contribution in [0.1, 0.15) is 132 Å². The number of carbonyl (C=O) groups excluding carboxylic acids is 4. The van der Waals surface area contributed by atoms with Crippen LogP contribution >= 0.6 is 0 Å². The van der Waals surface area contributed by atoms with Crippen LogP contribution in [0.2, 0.25) is 0 Å². The summed E-state index contributed by atoms with van der Waals surface area (Å²) in [6.45, 7) is 11.0. The number of carbonyl (C=O) groups is 4. The van der Waals surface area contributed by atoms with Crippen molar-refractivity contribution in [2.24, 2.45) is 10.8 Å². The first-order valence-electron chi connectivity index (χ1n) is 20.8. The van der Waals surface area contributed by atoms with Crippen molar-refractivity contribution in [3.05, 3.63) is 126 Å². The Morgan fingerprint density at radius 3 is 1.33 bits per heavy atom. The van der Waals surface area contributed by atoms with Gasteiger partial charge < -0.3 is 39.5 Å². The monoisotopic (exact) mass is 892 g/mol. The molecule has 6 heterocycles. The van der Waals surface area contributed by atoms with Gasteiger partial charge in [0.05, 0.1) is 22.9 Å². The van der Waals surface area contributed by atoms with E-state index in [1.165, 1.54) is 33.7 Å². The Labute approximate surface area is 364 Å². The molecule has 2 saturated heterocycles. The molecule has 2 fully saturated rings. The van der Waals surface area contributed by atoms with Crippen molar-refractivity contribution in [3.8, 4) is 11.5 Å². The topological polar surface area (TPSA) is 195 Å². The first-order chi connectivity index (χ1) is 30.0. The number of nitrogens with zero attached hydrogens (tertiary/aromatic N) is 2. The minimum atomic E-state index is -0.993. The fraction of sp³-hybridized carbons (Fsp3) is 0.435. The van der Waals surface area contributed by atoms with Gasteiger partial charge in [0, 0.05) is 62.0 Å². The maximum atomic E-state index is 13.9. The lowest BCUT2D eigenvalue weighted by Gasteiger charge is -2.51. The normalized spacial score (nSPS) is 23.9. The number of ether oxygens (including phenoxy) is 2. The molecule has 2 amide bonds. The summed E-state index contributed by atoms with van der Waals surface area (Å²) >= 11 is 0. The number of amides is 2. The zero-order chi connectivity index (χ0) is 46.8. The zero-order valence-corrected chi connectivity index (χ0v) is 36.0. The summed E-state index contributed by atoms with van der Waals surface area (Å²) in [6, 6.07) is 4.98. The zero-order valence-electron chi connectivity index (χ0n) is 36.0. The Bertz CT molecular complexity index is 2550. The van der Waals surface area contributed by atoms with Crippen LogP contribution in [0, 0.1) is 34.1 Å². The van der Waals surface area contributed by atoms with Crippen molar-refractivity contribution in [2.45, 2.75) is 104 Å². The molecule has 0 saturated carbocycles. The molecule has 340 valence electrons. The lowest BCUT2D eigenvalue weighted by Crippen LogP contribution is -2.58. The molecule has 4 aliphatic rings. The van der Waals surface area contributed by atoms with Crippen molar-refractivity contribution in [1.29, 1.82) is 0 Å². The number of aromatic hydroxyl groups is 2. The Morgan fingerprint density at radius 1 is 0.656 bits per heavy atom. The third kappa shape index (κ3) is 7.10. The van der Waals surface area contributed by atoms with Gasteiger partial charge in [0.15, 0.2) is 23.1 Å². The number of hydrogen-bond donors (Lipinski definition) is 4. The number of nitrogens with one attached hydrogen (secondary N) is 2. The van der Waals surface area contributed by atoms with E-state index in [9.17, 15) is 56.5 Å². The van der Waals surface area contributed by atoms with E-state index >= 15 is 0 Å². The highest BCUT2D eigenvalue weighted by Crippen LogP contribution is 2.55. The van der Waals surface area contributed by atoms with Crippen LogP contribution < -0.4 is 21.5 Å². The summed E-state index contributed by atoms with van der Waals surface area (Å²) in [6.07, 6.45) is 5.25. The predicted molar refractivity (Wildman–Crippen MR) is 221 cm³/mol. The molecule has 0 bridgehead atoms. The van der Waals surface area contributed by atoms with Gasteiger partial charge in [-0.25, -0.2) is 17.6 Å². The standard InChI is InChI=1S/2C23H24F2N2O5/c2*1-12-23(7-4-8-32-23)22(2,3)20(30)17-19(29)18(28)15(11-27(12)17)21(31)26-10-13-5-6-14(24)9-16(13)25/h2*5-6,9,11-12,29H,4,7-8,10H2,1-3H3,(H,26,31). The predicted octanol–water partition coefficient (Wildman–Crippen LogP) is 6.19. The molecule has 64 heavy (non-hydrogen) atoms. The quantitative estimate of drug-likeness (QED) is 0.162. The molecule has 0 aliphatic carbocycles. The Balaban J connectivity index is 0.000000191. The van der Waals surface area contributed by atoms with Gasteiger partial charge in [-0.2, -0.15) is 0 Å². The van der Waals surface area contributed by atoms with Crippen LogP contribution in [0.3, 0.4) is 0 Å². The molecule has 4 unspecified atom stereocenters. The van der Waals surface area contributed by atoms with E-state index in [-0.39, 0.29) is 46.7 Å². The fourth-order valence-corrected chi connectivity index (χ4v) is 9.93. The molecule has 4 N–H and O–H groups in total. The largest absolute Gasteiger partial charge is 0.503 e.